The molecular weight excluding hydrogens is 347 g/mol. The molecular formula is C15H18F3NO4S. The molecule has 0 radical (unpaired) electrons. The third-order valence-corrected chi connectivity index (χ3v) is 6.67. The third kappa shape index (κ3) is 3.19. The maximum Gasteiger partial charge on any atom is 0.573 e. The van der Waals surface area contributed by atoms with E-state index >= 15 is 0 Å². The van der Waals surface area contributed by atoms with Gasteiger partial charge in [-0.05, 0) is 49.1 Å². The molecule has 9 heteroatoms. The van der Waals surface area contributed by atoms with Crippen molar-refractivity contribution in [2.45, 2.75) is 43.4 Å². The van der Waals surface area contributed by atoms with Gasteiger partial charge in [-0.1, -0.05) is 12.5 Å². The van der Waals surface area contributed by atoms with E-state index in [9.17, 15) is 26.7 Å². The molecule has 5 nitrogen and oxygen atoms in total. The van der Waals surface area contributed by atoms with E-state index in [4.69, 9.17) is 0 Å². The van der Waals surface area contributed by atoms with Gasteiger partial charge in [-0.25, -0.2) is 13.1 Å². The Morgan fingerprint density at radius 2 is 2.00 bits per heavy atom. The normalized spacial score (nSPS) is 22.7. The molecule has 0 amide bonds. The van der Waals surface area contributed by atoms with Crippen molar-refractivity contribution in [3.05, 3.63) is 18.2 Å². The quantitative estimate of drug-likeness (QED) is 0.841. The van der Waals surface area contributed by atoms with Crippen LogP contribution in [0.2, 0.25) is 0 Å². The smallest absolute Gasteiger partial charge is 0.506 e. The Balaban J connectivity index is 1.79. The summed E-state index contributed by atoms with van der Waals surface area (Å²) in [6.07, 6.45) is 0.179. The Labute approximate surface area is 137 Å². The molecule has 1 spiro atoms. The van der Waals surface area contributed by atoms with Gasteiger partial charge in [0.15, 0.2) is 10.6 Å². The summed E-state index contributed by atoms with van der Waals surface area (Å²) in [6, 6.07) is 2.96. The lowest BCUT2D eigenvalue weighted by molar-refractivity contribution is -0.275. The third-order valence-electron chi connectivity index (χ3n) is 5.18. The van der Waals surface area contributed by atoms with E-state index in [0.29, 0.717) is 0 Å². The minimum Gasteiger partial charge on any atom is -0.506 e. The van der Waals surface area contributed by atoms with Crippen LogP contribution < -0.4 is 9.46 Å². The van der Waals surface area contributed by atoms with Crippen LogP contribution in [-0.4, -0.2) is 26.4 Å². The number of rotatable bonds is 5. The van der Waals surface area contributed by atoms with Crippen LogP contribution in [0, 0.1) is 11.3 Å². The predicted molar refractivity (Wildman–Crippen MR) is 79.0 cm³/mol. The first-order valence-corrected chi connectivity index (χ1v) is 9.19. The van der Waals surface area contributed by atoms with Gasteiger partial charge in [-0.15, -0.1) is 13.2 Å². The number of aromatic hydroxyl groups is 1. The fourth-order valence-corrected chi connectivity index (χ4v) is 4.91. The summed E-state index contributed by atoms with van der Waals surface area (Å²) in [6.45, 7) is 0.155. The van der Waals surface area contributed by atoms with E-state index in [2.05, 4.69) is 9.46 Å². The number of phenolic OH excluding ortho intramolecular Hbond substituents is 1. The van der Waals surface area contributed by atoms with Crippen molar-refractivity contribution in [3.63, 3.8) is 0 Å². The highest BCUT2D eigenvalue weighted by Gasteiger charge is 2.50. The largest absolute Gasteiger partial charge is 0.573 e. The predicted octanol–water partition coefficient (Wildman–Crippen LogP) is 3.15. The van der Waals surface area contributed by atoms with Gasteiger partial charge in [0, 0.05) is 6.54 Å². The second kappa shape index (κ2) is 5.80. The number of hydrogen-bond donors (Lipinski definition) is 2. The minimum absolute atomic E-state index is 0.155. The van der Waals surface area contributed by atoms with E-state index in [1.807, 2.05) is 0 Å². The van der Waals surface area contributed by atoms with Gasteiger partial charge >= 0.3 is 6.36 Å². The minimum atomic E-state index is -5.05. The first kappa shape index (κ1) is 17.3. The molecule has 1 aromatic carbocycles. The maximum atomic E-state index is 12.5. The highest BCUT2D eigenvalue weighted by atomic mass is 32.2. The molecule has 1 unspecified atom stereocenters. The average molecular weight is 365 g/mol. The van der Waals surface area contributed by atoms with E-state index in [-0.39, 0.29) is 17.9 Å². The van der Waals surface area contributed by atoms with Crippen LogP contribution in [0.1, 0.15) is 32.1 Å². The SMILES string of the molecule is O=S(=O)(NCC1CCC12CCC2)c1c(O)cccc1OC(F)(F)F. The summed E-state index contributed by atoms with van der Waals surface area (Å²) in [7, 11) is -4.32. The molecule has 24 heavy (non-hydrogen) atoms. The van der Waals surface area contributed by atoms with Crippen molar-refractivity contribution in [1.82, 2.24) is 4.72 Å². The molecule has 2 fully saturated rings. The Bertz CT molecular complexity index is 723. The monoisotopic (exact) mass is 365 g/mol. The van der Waals surface area contributed by atoms with Gasteiger partial charge in [0.05, 0.1) is 0 Å². The number of sulfonamides is 1. The zero-order valence-electron chi connectivity index (χ0n) is 12.8. The first-order valence-electron chi connectivity index (χ1n) is 7.70. The maximum absolute atomic E-state index is 12.5. The molecule has 2 aliphatic carbocycles. The molecule has 2 saturated carbocycles. The van der Waals surface area contributed by atoms with Crippen molar-refractivity contribution in [2.24, 2.45) is 11.3 Å². The number of benzene rings is 1. The van der Waals surface area contributed by atoms with Crippen LogP contribution in [0.25, 0.3) is 0 Å². The molecule has 2 N–H and O–H groups in total. The van der Waals surface area contributed by atoms with E-state index in [0.717, 1.165) is 50.3 Å². The summed E-state index contributed by atoms with van der Waals surface area (Å²) in [4.78, 5) is -0.885. The molecule has 0 saturated heterocycles. The first-order chi connectivity index (χ1) is 11.1. The van der Waals surface area contributed by atoms with E-state index < -0.39 is 32.8 Å². The molecule has 0 aliphatic heterocycles. The number of ether oxygens (including phenoxy) is 1. The fraction of sp³-hybridized carbons (Fsp3) is 0.600. The van der Waals surface area contributed by atoms with Crippen molar-refractivity contribution in [3.8, 4) is 11.5 Å². The van der Waals surface area contributed by atoms with Gasteiger partial charge in [0.2, 0.25) is 10.0 Å². The Morgan fingerprint density at radius 1 is 1.29 bits per heavy atom. The lowest BCUT2D eigenvalue weighted by Crippen LogP contribution is -2.50. The number of phenols is 1. The Morgan fingerprint density at radius 3 is 2.50 bits per heavy atom. The van der Waals surface area contributed by atoms with Crippen molar-refractivity contribution in [1.29, 1.82) is 0 Å². The second-order valence-electron chi connectivity index (χ2n) is 6.46. The van der Waals surface area contributed by atoms with Crippen LogP contribution in [-0.2, 0) is 10.0 Å². The summed E-state index contributed by atoms with van der Waals surface area (Å²) in [5, 5.41) is 9.75. The van der Waals surface area contributed by atoms with Crippen LogP contribution in [0.5, 0.6) is 11.5 Å². The topological polar surface area (TPSA) is 75.6 Å². The Kier molecular flexibility index (Phi) is 4.19. The van der Waals surface area contributed by atoms with Crippen molar-refractivity contribution >= 4 is 10.0 Å². The molecule has 3 rings (SSSR count). The van der Waals surface area contributed by atoms with Crippen LogP contribution >= 0.6 is 0 Å². The molecule has 0 heterocycles. The average Bonchev–Trinajstić information content (AvgIpc) is 2.33. The summed E-state index contributed by atoms with van der Waals surface area (Å²) in [5.74, 6) is -1.53. The van der Waals surface area contributed by atoms with Gasteiger partial charge in [0.1, 0.15) is 5.75 Å². The van der Waals surface area contributed by atoms with Crippen LogP contribution in [0.4, 0.5) is 13.2 Å². The molecule has 1 atom stereocenters. The lowest BCUT2D eigenvalue weighted by Gasteiger charge is -2.56. The highest BCUT2D eigenvalue weighted by Crippen LogP contribution is 2.59. The molecule has 0 aromatic heterocycles. The molecule has 2 aliphatic rings. The number of hydrogen-bond acceptors (Lipinski definition) is 4. The van der Waals surface area contributed by atoms with Gasteiger partial charge in [-0.3, -0.25) is 0 Å². The number of alkyl halides is 3. The number of nitrogens with one attached hydrogen (secondary N) is 1. The van der Waals surface area contributed by atoms with Crippen molar-refractivity contribution in [2.75, 3.05) is 6.54 Å². The van der Waals surface area contributed by atoms with E-state index in [1.54, 1.807) is 0 Å². The molecule has 134 valence electrons. The second-order valence-corrected chi connectivity index (χ2v) is 8.16. The van der Waals surface area contributed by atoms with Gasteiger partial charge < -0.3 is 9.84 Å². The number of halogens is 3. The van der Waals surface area contributed by atoms with E-state index in [1.165, 1.54) is 0 Å². The zero-order valence-corrected chi connectivity index (χ0v) is 13.6. The molecule has 0 bridgehead atoms. The van der Waals surface area contributed by atoms with Crippen LogP contribution in [0.15, 0.2) is 23.1 Å². The molecule has 1 aromatic rings. The lowest BCUT2D eigenvalue weighted by atomic mass is 9.50. The summed E-state index contributed by atoms with van der Waals surface area (Å²) >= 11 is 0. The standard InChI is InChI=1S/C15H18F3NO4S/c16-15(17,18)23-12-4-1-3-11(20)13(12)24(21,22)19-9-10-5-8-14(10)6-2-7-14/h1,3-4,10,19-20H,2,5-9H2. The van der Waals surface area contributed by atoms with Crippen molar-refractivity contribution < 1.29 is 31.4 Å². The summed E-state index contributed by atoms with van der Waals surface area (Å²) in [5.41, 5.74) is 0.201. The zero-order chi connectivity index (χ0) is 17.6. The van der Waals surface area contributed by atoms with Gasteiger partial charge in [0.25, 0.3) is 0 Å². The van der Waals surface area contributed by atoms with Crippen LogP contribution in [0.3, 0.4) is 0 Å². The van der Waals surface area contributed by atoms with Gasteiger partial charge in [-0.2, -0.15) is 0 Å². The Hall–Kier alpha value is -1.48. The fourth-order valence-electron chi connectivity index (χ4n) is 3.63. The highest BCUT2D eigenvalue weighted by molar-refractivity contribution is 7.89. The summed E-state index contributed by atoms with van der Waals surface area (Å²) < 4.78 is 68.2.